The molecule has 0 aromatic heterocycles. The summed E-state index contributed by atoms with van der Waals surface area (Å²) in [4.78, 5) is 21.2. The van der Waals surface area contributed by atoms with Crippen LogP contribution in [0.15, 0.2) is 36.4 Å². The maximum atomic E-state index is 10.6. The lowest BCUT2D eigenvalue weighted by atomic mass is 10.0. The SMILES string of the molecule is Cc1ccc(-c2ccc(C)c(OCCCC(=O)O)c2)cc1OCCCC(=O)O. The molecule has 2 aromatic rings. The summed E-state index contributed by atoms with van der Waals surface area (Å²) in [5, 5.41) is 17.4. The van der Waals surface area contributed by atoms with Gasteiger partial charge in [0.2, 0.25) is 0 Å². The third kappa shape index (κ3) is 6.61. The topological polar surface area (TPSA) is 93.1 Å². The minimum atomic E-state index is -0.829. The van der Waals surface area contributed by atoms with E-state index >= 15 is 0 Å². The van der Waals surface area contributed by atoms with Crippen molar-refractivity contribution in [1.82, 2.24) is 0 Å². The number of carboxylic acid groups (broad SMARTS) is 2. The number of hydrogen-bond donors (Lipinski definition) is 2. The Hall–Kier alpha value is -3.02. The summed E-state index contributed by atoms with van der Waals surface area (Å²) in [5.41, 5.74) is 3.90. The zero-order valence-electron chi connectivity index (χ0n) is 16.2. The molecule has 0 saturated heterocycles. The average Bonchev–Trinajstić information content (AvgIpc) is 2.64. The molecule has 0 aliphatic carbocycles. The Labute approximate surface area is 164 Å². The monoisotopic (exact) mass is 386 g/mol. The molecule has 6 heteroatoms. The molecule has 0 saturated carbocycles. The van der Waals surface area contributed by atoms with E-state index in [1.54, 1.807) is 0 Å². The summed E-state index contributed by atoms with van der Waals surface area (Å²) in [5.74, 6) is -0.200. The van der Waals surface area contributed by atoms with Crippen LogP contribution in [-0.4, -0.2) is 35.4 Å². The maximum Gasteiger partial charge on any atom is 0.303 e. The van der Waals surface area contributed by atoms with E-state index in [-0.39, 0.29) is 12.8 Å². The number of carbonyl (C=O) groups is 2. The van der Waals surface area contributed by atoms with Gasteiger partial charge in [0.25, 0.3) is 0 Å². The largest absolute Gasteiger partial charge is 0.493 e. The van der Waals surface area contributed by atoms with Gasteiger partial charge in [-0.05, 0) is 61.1 Å². The van der Waals surface area contributed by atoms with E-state index in [4.69, 9.17) is 19.7 Å². The summed E-state index contributed by atoms with van der Waals surface area (Å²) in [6.07, 6.45) is 1.08. The highest BCUT2D eigenvalue weighted by Crippen LogP contribution is 2.31. The van der Waals surface area contributed by atoms with E-state index in [1.807, 2.05) is 50.2 Å². The first-order chi connectivity index (χ1) is 13.4. The first-order valence-electron chi connectivity index (χ1n) is 9.27. The summed E-state index contributed by atoms with van der Waals surface area (Å²) >= 11 is 0. The van der Waals surface area contributed by atoms with Crippen LogP contribution in [-0.2, 0) is 9.59 Å². The first kappa shape index (κ1) is 21.3. The molecule has 0 heterocycles. The van der Waals surface area contributed by atoms with Crippen molar-refractivity contribution in [1.29, 1.82) is 0 Å². The number of aryl methyl sites for hydroxylation is 2. The number of ether oxygens (including phenoxy) is 2. The van der Waals surface area contributed by atoms with Crippen molar-refractivity contribution in [2.24, 2.45) is 0 Å². The summed E-state index contributed by atoms with van der Waals surface area (Å²) in [7, 11) is 0. The molecular formula is C22H26O6. The van der Waals surface area contributed by atoms with Crippen molar-refractivity contribution >= 4 is 11.9 Å². The minimum absolute atomic E-state index is 0.0826. The molecule has 0 aliphatic heterocycles. The van der Waals surface area contributed by atoms with Gasteiger partial charge in [-0.1, -0.05) is 24.3 Å². The Kier molecular flexibility index (Phi) is 7.87. The Bertz CT molecular complexity index is 758. The predicted octanol–water partition coefficient (Wildman–Crippen LogP) is 4.46. The van der Waals surface area contributed by atoms with E-state index in [0.717, 1.165) is 33.8 Å². The summed E-state index contributed by atoms with van der Waals surface area (Å²) in [6.45, 7) is 4.59. The van der Waals surface area contributed by atoms with Crippen molar-refractivity contribution in [3.8, 4) is 22.6 Å². The number of hydrogen-bond acceptors (Lipinski definition) is 4. The standard InChI is InChI=1S/C22H26O6/c1-15-7-9-17(13-19(15)27-11-3-5-21(23)24)18-10-8-16(2)20(14-18)28-12-4-6-22(25)26/h7-10,13-14H,3-6,11-12H2,1-2H3,(H,23,24)(H,25,26). The van der Waals surface area contributed by atoms with Crippen LogP contribution in [0.4, 0.5) is 0 Å². The molecular weight excluding hydrogens is 360 g/mol. The van der Waals surface area contributed by atoms with Crippen LogP contribution in [0.2, 0.25) is 0 Å². The third-order valence-corrected chi connectivity index (χ3v) is 4.29. The zero-order valence-corrected chi connectivity index (χ0v) is 16.2. The highest BCUT2D eigenvalue weighted by molar-refractivity contribution is 5.68. The van der Waals surface area contributed by atoms with Crippen LogP contribution in [0.1, 0.15) is 36.8 Å². The van der Waals surface area contributed by atoms with Crippen molar-refractivity contribution in [3.63, 3.8) is 0 Å². The van der Waals surface area contributed by atoms with Gasteiger partial charge < -0.3 is 19.7 Å². The van der Waals surface area contributed by atoms with Gasteiger partial charge in [0.05, 0.1) is 13.2 Å². The molecule has 6 nitrogen and oxygen atoms in total. The second-order valence-electron chi connectivity index (χ2n) is 6.65. The van der Waals surface area contributed by atoms with Crippen molar-refractivity contribution in [2.45, 2.75) is 39.5 Å². The van der Waals surface area contributed by atoms with Crippen LogP contribution in [0.25, 0.3) is 11.1 Å². The Morgan fingerprint density at radius 2 is 1.14 bits per heavy atom. The van der Waals surface area contributed by atoms with Crippen molar-refractivity contribution < 1.29 is 29.3 Å². The van der Waals surface area contributed by atoms with Crippen LogP contribution >= 0.6 is 0 Å². The Balaban J connectivity index is 2.09. The molecule has 2 N–H and O–H groups in total. The molecule has 0 amide bonds. The summed E-state index contributed by atoms with van der Waals surface area (Å²) in [6, 6.07) is 11.8. The molecule has 0 spiro atoms. The molecule has 2 rings (SSSR count). The van der Waals surface area contributed by atoms with E-state index in [9.17, 15) is 9.59 Å². The normalized spacial score (nSPS) is 10.5. The van der Waals surface area contributed by atoms with Gasteiger partial charge in [0, 0.05) is 12.8 Å². The highest BCUT2D eigenvalue weighted by atomic mass is 16.5. The first-order valence-corrected chi connectivity index (χ1v) is 9.27. The Morgan fingerprint density at radius 3 is 1.50 bits per heavy atom. The number of rotatable bonds is 11. The van der Waals surface area contributed by atoms with Crippen LogP contribution in [0, 0.1) is 13.8 Å². The minimum Gasteiger partial charge on any atom is -0.493 e. The fourth-order valence-corrected chi connectivity index (χ4v) is 2.68. The van der Waals surface area contributed by atoms with Gasteiger partial charge in [0.1, 0.15) is 11.5 Å². The molecule has 0 aliphatic rings. The zero-order chi connectivity index (χ0) is 20.5. The lowest BCUT2D eigenvalue weighted by molar-refractivity contribution is -0.138. The lowest BCUT2D eigenvalue weighted by Gasteiger charge is -2.13. The molecule has 0 bridgehead atoms. The smallest absolute Gasteiger partial charge is 0.303 e. The van der Waals surface area contributed by atoms with E-state index in [2.05, 4.69) is 0 Å². The van der Waals surface area contributed by atoms with Gasteiger partial charge in [-0.15, -0.1) is 0 Å². The van der Waals surface area contributed by atoms with Gasteiger partial charge in [-0.25, -0.2) is 0 Å². The predicted molar refractivity (Wildman–Crippen MR) is 106 cm³/mol. The second-order valence-corrected chi connectivity index (χ2v) is 6.65. The van der Waals surface area contributed by atoms with Gasteiger partial charge in [-0.3, -0.25) is 9.59 Å². The number of carboxylic acids is 2. The maximum absolute atomic E-state index is 10.6. The fourth-order valence-electron chi connectivity index (χ4n) is 2.68. The van der Waals surface area contributed by atoms with E-state index in [0.29, 0.717) is 26.1 Å². The number of aliphatic carboxylic acids is 2. The third-order valence-electron chi connectivity index (χ3n) is 4.29. The molecule has 150 valence electrons. The van der Waals surface area contributed by atoms with E-state index in [1.165, 1.54) is 0 Å². The molecule has 2 aromatic carbocycles. The Morgan fingerprint density at radius 1 is 0.750 bits per heavy atom. The number of benzene rings is 2. The molecule has 28 heavy (non-hydrogen) atoms. The van der Waals surface area contributed by atoms with Crippen LogP contribution in [0.5, 0.6) is 11.5 Å². The molecule has 0 unspecified atom stereocenters. The quantitative estimate of drug-likeness (QED) is 0.554. The molecule has 0 radical (unpaired) electrons. The molecule has 0 atom stereocenters. The van der Waals surface area contributed by atoms with Gasteiger partial charge >= 0.3 is 11.9 Å². The fraction of sp³-hybridized carbons (Fsp3) is 0.364. The highest BCUT2D eigenvalue weighted by Gasteiger charge is 2.08. The van der Waals surface area contributed by atoms with Crippen molar-refractivity contribution in [2.75, 3.05) is 13.2 Å². The average molecular weight is 386 g/mol. The van der Waals surface area contributed by atoms with Crippen molar-refractivity contribution in [3.05, 3.63) is 47.5 Å². The molecule has 0 fully saturated rings. The van der Waals surface area contributed by atoms with E-state index < -0.39 is 11.9 Å². The van der Waals surface area contributed by atoms with Crippen LogP contribution < -0.4 is 9.47 Å². The van der Waals surface area contributed by atoms with Gasteiger partial charge in [0.15, 0.2) is 0 Å². The summed E-state index contributed by atoms with van der Waals surface area (Å²) < 4.78 is 11.5. The van der Waals surface area contributed by atoms with Gasteiger partial charge in [-0.2, -0.15) is 0 Å². The van der Waals surface area contributed by atoms with Crippen LogP contribution in [0.3, 0.4) is 0 Å². The lowest BCUT2D eigenvalue weighted by Crippen LogP contribution is -2.03. The second kappa shape index (κ2) is 10.3.